The molecule has 2 aromatic rings. The van der Waals surface area contributed by atoms with Crippen LogP contribution in [0.2, 0.25) is 5.02 Å². The minimum Gasteiger partial charge on any atom is -0.383 e. The van der Waals surface area contributed by atoms with Crippen molar-refractivity contribution in [2.75, 3.05) is 5.73 Å². The second-order valence-electron chi connectivity index (χ2n) is 6.07. The number of aromatic nitrogens is 2. The fourth-order valence-electron chi connectivity index (χ4n) is 2.15. The Labute approximate surface area is 119 Å². The normalized spacial score (nSPS) is 11.8. The van der Waals surface area contributed by atoms with Gasteiger partial charge in [0.15, 0.2) is 0 Å². The first-order valence-electron chi connectivity index (χ1n) is 6.35. The fourth-order valence-corrected chi connectivity index (χ4v) is 2.28. The Kier molecular flexibility index (Phi) is 3.59. The van der Waals surface area contributed by atoms with Crippen LogP contribution in [0.1, 0.15) is 26.5 Å². The van der Waals surface area contributed by atoms with E-state index in [1.807, 2.05) is 31.3 Å². The summed E-state index contributed by atoms with van der Waals surface area (Å²) < 4.78 is 1.74. The van der Waals surface area contributed by atoms with Gasteiger partial charge in [0.05, 0.1) is 5.69 Å². The molecular weight excluding hydrogens is 258 g/mol. The van der Waals surface area contributed by atoms with Gasteiger partial charge in [0, 0.05) is 17.6 Å². The molecule has 2 rings (SSSR count). The predicted molar refractivity (Wildman–Crippen MR) is 81.2 cm³/mol. The van der Waals surface area contributed by atoms with Gasteiger partial charge < -0.3 is 5.73 Å². The van der Waals surface area contributed by atoms with Crippen molar-refractivity contribution in [3.05, 3.63) is 35.0 Å². The molecule has 2 N–H and O–H groups in total. The Morgan fingerprint density at radius 3 is 2.32 bits per heavy atom. The van der Waals surface area contributed by atoms with E-state index in [0.29, 0.717) is 5.82 Å². The minimum absolute atomic E-state index is 0.169. The Hall–Kier alpha value is -1.48. The number of hydrogen-bond donors (Lipinski definition) is 1. The average Bonchev–Trinajstić information content (AvgIpc) is 2.54. The van der Waals surface area contributed by atoms with Crippen LogP contribution in [0.15, 0.2) is 24.3 Å². The summed E-state index contributed by atoms with van der Waals surface area (Å²) >= 11 is 5.94. The highest BCUT2D eigenvalue weighted by Gasteiger charge is 2.21. The molecule has 1 aromatic heterocycles. The smallest absolute Gasteiger partial charge is 0.129 e. The lowest BCUT2D eigenvalue weighted by atomic mass is 9.88. The number of anilines is 1. The third-order valence-electron chi connectivity index (χ3n) is 2.99. The van der Waals surface area contributed by atoms with E-state index in [2.05, 4.69) is 25.9 Å². The zero-order valence-corrected chi connectivity index (χ0v) is 12.6. The van der Waals surface area contributed by atoms with E-state index in [1.54, 1.807) is 4.68 Å². The van der Waals surface area contributed by atoms with Gasteiger partial charge in [-0.15, -0.1) is 0 Å². The molecule has 3 nitrogen and oxygen atoms in total. The van der Waals surface area contributed by atoms with Gasteiger partial charge in [-0.1, -0.05) is 44.5 Å². The Balaban J connectivity index is 2.52. The number of rotatable bonds is 2. The SMILES string of the molecule is Cn1nc(CC(C)(C)C)c(-c2ccc(Cl)cc2)c1N. The van der Waals surface area contributed by atoms with E-state index in [1.165, 1.54) is 0 Å². The van der Waals surface area contributed by atoms with E-state index in [4.69, 9.17) is 17.3 Å². The van der Waals surface area contributed by atoms with Gasteiger partial charge in [-0.25, -0.2) is 0 Å². The van der Waals surface area contributed by atoms with Crippen molar-refractivity contribution < 1.29 is 0 Å². The maximum absolute atomic E-state index is 6.16. The van der Waals surface area contributed by atoms with Gasteiger partial charge in [0.25, 0.3) is 0 Å². The molecule has 0 aliphatic carbocycles. The van der Waals surface area contributed by atoms with E-state index in [0.717, 1.165) is 28.3 Å². The maximum Gasteiger partial charge on any atom is 0.129 e. The molecule has 0 bridgehead atoms. The molecule has 0 radical (unpaired) electrons. The number of benzene rings is 1. The van der Waals surface area contributed by atoms with Crippen LogP contribution < -0.4 is 5.73 Å². The van der Waals surface area contributed by atoms with Crippen molar-refractivity contribution in [2.45, 2.75) is 27.2 Å². The molecule has 0 aliphatic rings. The Bertz CT molecular complexity index is 577. The number of hydrogen-bond acceptors (Lipinski definition) is 2. The lowest BCUT2D eigenvalue weighted by molar-refractivity contribution is 0.405. The van der Waals surface area contributed by atoms with Gasteiger partial charge in [0.2, 0.25) is 0 Å². The summed E-state index contributed by atoms with van der Waals surface area (Å²) in [5, 5.41) is 5.28. The topological polar surface area (TPSA) is 43.8 Å². The molecule has 1 heterocycles. The van der Waals surface area contributed by atoms with Crippen molar-refractivity contribution >= 4 is 17.4 Å². The molecule has 0 fully saturated rings. The van der Waals surface area contributed by atoms with E-state index in [9.17, 15) is 0 Å². The molecule has 4 heteroatoms. The highest BCUT2D eigenvalue weighted by Crippen LogP contribution is 2.33. The third kappa shape index (κ3) is 3.10. The van der Waals surface area contributed by atoms with E-state index >= 15 is 0 Å². The molecule has 0 aliphatic heterocycles. The predicted octanol–water partition coefficient (Wildman–Crippen LogP) is 3.91. The molecule has 102 valence electrons. The van der Waals surface area contributed by atoms with Crippen molar-refractivity contribution in [3.8, 4) is 11.1 Å². The third-order valence-corrected chi connectivity index (χ3v) is 3.25. The summed E-state index contributed by atoms with van der Waals surface area (Å²) in [6.07, 6.45) is 0.885. The van der Waals surface area contributed by atoms with Crippen LogP contribution in [0.5, 0.6) is 0 Å². The summed E-state index contributed by atoms with van der Waals surface area (Å²) in [5.41, 5.74) is 9.45. The van der Waals surface area contributed by atoms with Gasteiger partial charge in [0.1, 0.15) is 5.82 Å². The molecule has 0 saturated carbocycles. The van der Waals surface area contributed by atoms with Crippen LogP contribution in [0.25, 0.3) is 11.1 Å². The van der Waals surface area contributed by atoms with Gasteiger partial charge in [-0.2, -0.15) is 5.10 Å². The fraction of sp³-hybridized carbons (Fsp3) is 0.400. The number of halogens is 1. The van der Waals surface area contributed by atoms with Crippen LogP contribution in [-0.4, -0.2) is 9.78 Å². The quantitative estimate of drug-likeness (QED) is 0.904. The molecule has 0 spiro atoms. The highest BCUT2D eigenvalue weighted by molar-refractivity contribution is 6.30. The lowest BCUT2D eigenvalue weighted by Crippen LogP contribution is -2.10. The molecule has 0 saturated heterocycles. The average molecular weight is 278 g/mol. The van der Waals surface area contributed by atoms with Crippen LogP contribution in [0.4, 0.5) is 5.82 Å². The molecule has 0 unspecified atom stereocenters. The first-order valence-corrected chi connectivity index (χ1v) is 6.73. The highest BCUT2D eigenvalue weighted by atomic mass is 35.5. The minimum atomic E-state index is 0.169. The summed E-state index contributed by atoms with van der Waals surface area (Å²) in [7, 11) is 1.88. The molecule has 19 heavy (non-hydrogen) atoms. The summed E-state index contributed by atoms with van der Waals surface area (Å²) in [6, 6.07) is 7.73. The van der Waals surface area contributed by atoms with Crippen LogP contribution >= 0.6 is 11.6 Å². The van der Waals surface area contributed by atoms with E-state index < -0.39 is 0 Å². The second kappa shape index (κ2) is 4.89. The van der Waals surface area contributed by atoms with Crippen LogP contribution in [0, 0.1) is 5.41 Å². The summed E-state index contributed by atoms with van der Waals surface area (Å²) in [6.45, 7) is 6.59. The number of nitrogen functional groups attached to an aromatic ring is 1. The van der Waals surface area contributed by atoms with Crippen LogP contribution in [0.3, 0.4) is 0 Å². The van der Waals surface area contributed by atoms with Crippen LogP contribution in [-0.2, 0) is 13.5 Å². The van der Waals surface area contributed by atoms with Crippen molar-refractivity contribution in [1.82, 2.24) is 9.78 Å². The second-order valence-corrected chi connectivity index (χ2v) is 6.51. The van der Waals surface area contributed by atoms with Crippen molar-refractivity contribution in [1.29, 1.82) is 0 Å². The number of aryl methyl sites for hydroxylation is 1. The zero-order chi connectivity index (χ0) is 14.2. The summed E-state index contributed by atoms with van der Waals surface area (Å²) in [4.78, 5) is 0. The molecule has 1 aromatic carbocycles. The Morgan fingerprint density at radius 1 is 1.21 bits per heavy atom. The Morgan fingerprint density at radius 2 is 1.79 bits per heavy atom. The largest absolute Gasteiger partial charge is 0.383 e. The van der Waals surface area contributed by atoms with E-state index in [-0.39, 0.29) is 5.41 Å². The van der Waals surface area contributed by atoms with Crippen molar-refractivity contribution in [3.63, 3.8) is 0 Å². The van der Waals surface area contributed by atoms with Gasteiger partial charge in [-0.3, -0.25) is 4.68 Å². The zero-order valence-electron chi connectivity index (χ0n) is 11.9. The van der Waals surface area contributed by atoms with Gasteiger partial charge >= 0.3 is 0 Å². The monoisotopic (exact) mass is 277 g/mol. The van der Waals surface area contributed by atoms with Gasteiger partial charge in [-0.05, 0) is 29.5 Å². The van der Waals surface area contributed by atoms with Crippen molar-refractivity contribution in [2.24, 2.45) is 12.5 Å². The molecule has 0 atom stereocenters. The lowest BCUT2D eigenvalue weighted by Gasteiger charge is -2.17. The first-order chi connectivity index (χ1) is 8.78. The maximum atomic E-state index is 6.16. The first kappa shape index (κ1) is 13.9. The standard InChI is InChI=1S/C15H20ClN3/c1-15(2,3)9-12-13(14(17)19(4)18-12)10-5-7-11(16)8-6-10/h5-8H,9,17H2,1-4H3. The molecular formula is C15H20ClN3. The number of nitrogens with two attached hydrogens (primary N) is 1. The summed E-state index contributed by atoms with van der Waals surface area (Å²) in [5.74, 6) is 0.696. The number of nitrogens with zero attached hydrogens (tertiary/aromatic N) is 2. The molecule has 0 amide bonds.